The summed E-state index contributed by atoms with van der Waals surface area (Å²) in [5, 5.41) is 1.27. The predicted molar refractivity (Wildman–Crippen MR) is 82.5 cm³/mol. The molecular formula is C15H21ClN2O2. The van der Waals surface area contributed by atoms with Crippen LogP contribution in [-0.4, -0.2) is 22.3 Å². The zero-order valence-corrected chi connectivity index (χ0v) is 13.2. The molecule has 2 aromatic rings. The highest BCUT2D eigenvalue weighted by molar-refractivity contribution is 6.30. The molecule has 0 amide bonds. The van der Waals surface area contributed by atoms with E-state index in [4.69, 9.17) is 16.3 Å². The number of unbranched alkanes of at least 4 members (excludes halogenated alkanes) is 1. The summed E-state index contributed by atoms with van der Waals surface area (Å²) in [6.07, 6.45) is 4.91. The highest BCUT2D eigenvalue weighted by atomic mass is 35.5. The fourth-order valence-electron chi connectivity index (χ4n) is 1.78. The van der Waals surface area contributed by atoms with Gasteiger partial charge in [-0.15, -0.1) is 0 Å². The Morgan fingerprint density at radius 2 is 2.15 bits per heavy atom. The van der Waals surface area contributed by atoms with E-state index in [1.54, 1.807) is 18.5 Å². The molecular weight excluding hydrogens is 276 g/mol. The molecule has 5 heteroatoms. The molecule has 0 N–H and O–H groups in total. The minimum absolute atomic E-state index is 0.364. The first-order valence-electron chi connectivity index (χ1n) is 6.93. The van der Waals surface area contributed by atoms with Crippen LogP contribution in [0.4, 0.5) is 4.79 Å². The van der Waals surface area contributed by atoms with Gasteiger partial charge >= 0.3 is 6.09 Å². The maximum atomic E-state index is 11.9. The standard InChI is InChI=1S/C13H15ClN2O2.C2H6/c1-3-4-5-18-13(17)16-8-9(2)10-7-15-12(14)6-11(10)16;1-2/h6-8H,3-5H2,1-2H3;1-2H3. The van der Waals surface area contributed by atoms with Crippen LogP contribution in [0.5, 0.6) is 0 Å². The number of carbonyl (C=O) groups is 1. The second-order valence-corrected chi connectivity index (χ2v) is 4.56. The monoisotopic (exact) mass is 296 g/mol. The summed E-state index contributed by atoms with van der Waals surface area (Å²) in [5.74, 6) is 0. The molecule has 0 spiro atoms. The number of pyridine rings is 1. The quantitative estimate of drug-likeness (QED) is 0.603. The molecule has 0 aliphatic carbocycles. The van der Waals surface area contributed by atoms with Crippen LogP contribution in [-0.2, 0) is 4.74 Å². The highest BCUT2D eigenvalue weighted by Gasteiger charge is 2.13. The Hall–Kier alpha value is -1.55. The van der Waals surface area contributed by atoms with E-state index in [1.165, 1.54) is 4.57 Å². The Morgan fingerprint density at radius 1 is 1.45 bits per heavy atom. The molecule has 0 aromatic carbocycles. The first-order valence-corrected chi connectivity index (χ1v) is 7.31. The van der Waals surface area contributed by atoms with E-state index in [0.29, 0.717) is 11.8 Å². The number of aromatic nitrogens is 2. The third kappa shape index (κ3) is 3.73. The molecule has 0 fully saturated rings. The minimum Gasteiger partial charge on any atom is -0.449 e. The van der Waals surface area contributed by atoms with Crippen LogP contribution in [0.25, 0.3) is 10.9 Å². The predicted octanol–water partition coefficient (Wildman–Crippen LogP) is 4.81. The van der Waals surface area contributed by atoms with E-state index in [-0.39, 0.29) is 6.09 Å². The molecule has 0 unspecified atom stereocenters. The van der Waals surface area contributed by atoms with Gasteiger partial charge in [0.15, 0.2) is 0 Å². The maximum Gasteiger partial charge on any atom is 0.418 e. The molecule has 110 valence electrons. The molecule has 20 heavy (non-hydrogen) atoms. The topological polar surface area (TPSA) is 44.1 Å². The van der Waals surface area contributed by atoms with E-state index in [1.807, 2.05) is 20.8 Å². The number of halogens is 1. The lowest BCUT2D eigenvalue weighted by Gasteiger charge is -2.05. The molecule has 4 nitrogen and oxygen atoms in total. The van der Waals surface area contributed by atoms with Crippen LogP contribution in [0, 0.1) is 6.92 Å². The number of rotatable bonds is 3. The van der Waals surface area contributed by atoms with Crippen molar-refractivity contribution in [2.45, 2.75) is 40.5 Å². The lowest BCUT2D eigenvalue weighted by Crippen LogP contribution is -2.13. The molecule has 0 radical (unpaired) electrons. The van der Waals surface area contributed by atoms with Gasteiger partial charge in [-0.1, -0.05) is 38.8 Å². The van der Waals surface area contributed by atoms with E-state index in [9.17, 15) is 4.79 Å². The van der Waals surface area contributed by atoms with Crippen LogP contribution < -0.4 is 0 Å². The van der Waals surface area contributed by atoms with Crippen molar-refractivity contribution < 1.29 is 9.53 Å². The van der Waals surface area contributed by atoms with E-state index >= 15 is 0 Å². The van der Waals surface area contributed by atoms with Crippen LogP contribution in [0.1, 0.15) is 39.2 Å². The molecule has 0 aliphatic heterocycles. The maximum absolute atomic E-state index is 11.9. The third-order valence-corrected chi connectivity index (χ3v) is 2.98. The number of carbonyl (C=O) groups excluding carboxylic acids is 1. The van der Waals surface area contributed by atoms with Crippen LogP contribution in [0.15, 0.2) is 18.5 Å². The van der Waals surface area contributed by atoms with Gasteiger partial charge in [-0.2, -0.15) is 0 Å². The van der Waals surface area contributed by atoms with Crippen LogP contribution in [0.3, 0.4) is 0 Å². The van der Waals surface area contributed by atoms with Crippen molar-refractivity contribution in [3.63, 3.8) is 0 Å². The van der Waals surface area contributed by atoms with Crippen LogP contribution in [0.2, 0.25) is 5.15 Å². The molecule has 2 aromatic heterocycles. The molecule has 0 atom stereocenters. The van der Waals surface area contributed by atoms with Gasteiger partial charge in [0.05, 0.1) is 12.1 Å². The van der Waals surface area contributed by atoms with Gasteiger partial charge in [0.1, 0.15) is 5.15 Å². The lowest BCUT2D eigenvalue weighted by molar-refractivity contribution is 0.147. The van der Waals surface area contributed by atoms with Gasteiger partial charge < -0.3 is 4.74 Å². The van der Waals surface area contributed by atoms with Crippen molar-refractivity contribution in [3.8, 4) is 0 Å². The molecule has 0 bridgehead atoms. The molecule has 2 rings (SSSR count). The zero-order chi connectivity index (χ0) is 15.1. The van der Waals surface area contributed by atoms with Gasteiger partial charge in [0.25, 0.3) is 0 Å². The second-order valence-electron chi connectivity index (χ2n) is 4.17. The van der Waals surface area contributed by atoms with Gasteiger partial charge in [-0.05, 0) is 18.9 Å². The Balaban J connectivity index is 0.000000956. The van der Waals surface area contributed by atoms with Crippen molar-refractivity contribution in [1.29, 1.82) is 0 Å². The Bertz CT molecular complexity index is 579. The van der Waals surface area contributed by atoms with Crippen molar-refractivity contribution in [3.05, 3.63) is 29.2 Å². The normalized spacial score (nSPS) is 10.1. The van der Waals surface area contributed by atoms with Gasteiger partial charge in [0, 0.05) is 23.8 Å². The van der Waals surface area contributed by atoms with Gasteiger partial charge in [-0.3, -0.25) is 4.57 Å². The van der Waals surface area contributed by atoms with Crippen molar-refractivity contribution in [1.82, 2.24) is 9.55 Å². The number of nitrogens with zero attached hydrogens (tertiary/aromatic N) is 2. The van der Waals surface area contributed by atoms with Gasteiger partial charge in [-0.25, -0.2) is 9.78 Å². The van der Waals surface area contributed by atoms with Gasteiger partial charge in [0.2, 0.25) is 0 Å². The summed E-state index contributed by atoms with van der Waals surface area (Å²) in [4.78, 5) is 16.0. The second kappa shape index (κ2) is 7.90. The number of hydrogen-bond acceptors (Lipinski definition) is 3. The number of fused-ring (bicyclic) bond motifs is 1. The first-order chi connectivity index (χ1) is 9.63. The highest BCUT2D eigenvalue weighted by Crippen LogP contribution is 2.22. The fourth-order valence-corrected chi connectivity index (χ4v) is 1.93. The van der Waals surface area contributed by atoms with Crippen molar-refractivity contribution in [2.24, 2.45) is 0 Å². The molecule has 0 aliphatic rings. The number of hydrogen-bond donors (Lipinski definition) is 0. The summed E-state index contributed by atoms with van der Waals surface area (Å²) in [6.45, 7) is 8.41. The van der Waals surface area contributed by atoms with Crippen molar-refractivity contribution >= 4 is 28.6 Å². The van der Waals surface area contributed by atoms with E-state index < -0.39 is 0 Å². The molecule has 0 saturated heterocycles. The summed E-state index contributed by atoms with van der Waals surface area (Å²) < 4.78 is 6.67. The average Bonchev–Trinajstić information content (AvgIpc) is 2.78. The lowest BCUT2D eigenvalue weighted by atomic mass is 10.2. The van der Waals surface area contributed by atoms with E-state index in [0.717, 1.165) is 29.3 Å². The smallest absolute Gasteiger partial charge is 0.418 e. The number of aryl methyl sites for hydroxylation is 1. The van der Waals surface area contributed by atoms with E-state index in [2.05, 4.69) is 11.9 Å². The Kier molecular flexibility index (Phi) is 6.52. The van der Waals surface area contributed by atoms with Crippen LogP contribution >= 0.6 is 11.6 Å². The summed E-state index contributed by atoms with van der Waals surface area (Å²) in [6, 6.07) is 1.67. The van der Waals surface area contributed by atoms with Crippen molar-refractivity contribution in [2.75, 3.05) is 6.61 Å². The molecule has 0 saturated carbocycles. The largest absolute Gasteiger partial charge is 0.449 e. The Labute approximate surface area is 124 Å². The summed E-state index contributed by atoms with van der Waals surface area (Å²) >= 11 is 5.85. The first kappa shape index (κ1) is 16.5. The number of ether oxygens (including phenoxy) is 1. The fraction of sp³-hybridized carbons (Fsp3) is 0.467. The summed E-state index contributed by atoms with van der Waals surface area (Å²) in [7, 11) is 0. The SMILES string of the molecule is CC.CCCCOC(=O)n1cc(C)c2cnc(Cl)cc21. The third-order valence-electron chi connectivity index (χ3n) is 2.78. The zero-order valence-electron chi connectivity index (χ0n) is 12.4. The molecule has 2 heterocycles. The minimum atomic E-state index is -0.371. The summed E-state index contributed by atoms with van der Waals surface area (Å²) in [5.41, 5.74) is 1.70. The Morgan fingerprint density at radius 3 is 2.80 bits per heavy atom. The average molecular weight is 297 g/mol.